The number of likely N-dealkylation sites (tertiary alicyclic amines) is 2. The topological polar surface area (TPSA) is 343 Å². The Balaban J connectivity index is 0. The average molecular weight is 1260 g/mol. The Morgan fingerprint density at radius 3 is 1.37 bits per heavy atom. The van der Waals surface area contributed by atoms with E-state index in [1.807, 2.05) is 0 Å². The van der Waals surface area contributed by atoms with Crippen LogP contribution < -0.4 is 108 Å². The minimum absolute atomic E-state index is 0. The Morgan fingerprint density at radius 1 is 0.679 bits per heavy atom. The summed E-state index contributed by atoms with van der Waals surface area (Å²) in [5.74, 6) is -5.62. The number of aliphatic carboxylic acids is 2. The first-order valence-electron chi connectivity index (χ1n) is 23.9. The minimum atomic E-state index is -4.44. The molecule has 0 aromatic heterocycles. The molecule has 2 aliphatic heterocycles. The Kier molecular flexibility index (Phi) is 36.9. The molecule has 2 amide bonds. The van der Waals surface area contributed by atoms with Gasteiger partial charge in [0, 0.05) is 13.1 Å². The summed E-state index contributed by atoms with van der Waals surface area (Å²) < 4.78 is 104. The molecule has 81 heavy (non-hydrogen) atoms. The molecule has 0 saturated carbocycles. The zero-order valence-electron chi connectivity index (χ0n) is 46.3. The van der Waals surface area contributed by atoms with Gasteiger partial charge in [0.25, 0.3) is 6.47 Å². The summed E-state index contributed by atoms with van der Waals surface area (Å²) in [5.41, 5.74) is -0.430. The third kappa shape index (κ3) is 22.2. The number of halogens is 4. The van der Waals surface area contributed by atoms with Gasteiger partial charge in [0.1, 0.15) is 28.2 Å². The molecule has 2 aliphatic carbocycles. The van der Waals surface area contributed by atoms with Crippen molar-refractivity contribution in [3.8, 4) is 0 Å². The largest absolute Gasteiger partial charge is 1.00 e. The van der Waals surface area contributed by atoms with Gasteiger partial charge in [-0.25, -0.2) is 63.1 Å². The van der Waals surface area contributed by atoms with Gasteiger partial charge >= 0.3 is 119 Å². The second-order valence-corrected chi connectivity index (χ2v) is 21.5. The van der Waals surface area contributed by atoms with E-state index < -0.39 is 104 Å². The van der Waals surface area contributed by atoms with Crippen LogP contribution in [0.5, 0.6) is 0 Å². The molecule has 4 aliphatic rings. The van der Waals surface area contributed by atoms with E-state index in [0.29, 0.717) is 53.7 Å². The van der Waals surface area contributed by atoms with Gasteiger partial charge < -0.3 is 45.5 Å². The van der Waals surface area contributed by atoms with Crippen LogP contribution in [0.4, 0.5) is 29.7 Å². The first-order chi connectivity index (χ1) is 37.0. The molecule has 6 rings (SSSR count). The van der Waals surface area contributed by atoms with Gasteiger partial charge in [-0.2, -0.15) is 0 Å². The maximum Gasteiger partial charge on any atom is 1.00 e. The summed E-state index contributed by atoms with van der Waals surface area (Å²) >= 11 is 12.3. The number of hydrogen-bond acceptors (Lipinski definition) is 20. The van der Waals surface area contributed by atoms with Crippen LogP contribution in [0.25, 0.3) is 0 Å². The van der Waals surface area contributed by atoms with E-state index in [4.69, 9.17) is 57.5 Å². The van der Waals surface area contributed by atoms with Crippen molar-refractivity contribution in [3.05, 3.63) is 81.4 Å². The summed E-state index contributed by atoms with van der Waals surface area (Å²) in [5, 5.41) is 33.3. The van der Waals surface area contributed by atoms with Crippen LogP contribution in [0.15, 0.2) is 59.7 Å². The van der Waals surface area contributed by atoms with E-state index in [1.165, 1.54) is 12.2 Å². The number of esters is 2. The number of carbonyl (C=O) groups is 7. The van der Waals surface area contributed by atoms with Crippen molar-refractivity contribution in [3.63, 3.8) is 0 Å². The summed E-state index contributed by atoms with van der Waals surface area (Å²) in [6, 6.07) is 3.74. The van der Waals surface area contributed by atoms with E-state index in [-0.39, 0.29) is 181 Å². The number of carboxylic acid groups (broad SMARTS) is 2. The predicted molar refractivity (Wildman–Crippen MR) is 268 cm³/mol. The molecule has 0 bridgehead atoms. The van der Waals surface area contributed by atoms with Crippen LogP contribution in [0.3, 0.4) is 0 Å². The molecule has 2 aromatic rings. The van der Waals surface area contributed by atoms with Crippen molar-refractivity contribution in [2.75, 3.05) is 55.0 Å². The molecule has 2 saturated heterocycles. The molecule has 4 atom stereocenters. The molecular formula is C47H59Cl2F2N4Na3O21S2. The molecule has 0 radical (unpaired) electrons. The molecule has 0 spiro atoms. The fraction of sp³-hybridized carbons (Fsp3) is 0.511. The van der Waals surface area contributed by atoms with Crippen molar-refractivity contribution in [2.45, 2.75) is 108 Å². The number of nitrogens with zero attached hydrogens (tertiary/aromatic N) is 4. The van der Waals surface area contributed by atoms with Gasteiger partial charge in [-0.15, -0.1) is 0 Å². The van der Waals surface area contributed by atoms with Gasteiger partial charge in [-0.3, -0.25) is 19.9 Å². The zero-order valence-corrected chi connectivity index (χ0v) is 54.4. The number of sulfonamides is 2. The maximum atomic E-state index is 13.8. The molecule has 436 valence electrons. The molecule has 2 heterocycles. The fourth-order valence-corrected chi connectivity index (χ4v) is 12.7. The fourth-order valence-electron chi connectivity index (χ4n) is 8.27. The second-order valence-electron chi connectivity index (χ2n) is 16.6. The second kappa shape index (κ2) is 38.6. The summed E-state index contributed by atoms with van der Waals surface area (Å²) in [6.07, 6.45) is 4.32. The average Bonchev–Trinajstić information content (AvgIpc) is 4.13. The Hall–Kier alpha value is -3.37. The van der Waals surface area contributed by atoms with Crippen LogP contribution in [-0.4, -0.2) is 148 Å². The van der Waals surface area contributed by atoms with Crippen molar-refractivity contribution in [1.82, 2.24) is 9.80 Å². The predicted octanol–water partition coefficient (Wildman–Crippen LogP) is -4.68. The van der Waals surface area contributed by atoms with Crippen molar-refractivity contribution in [1.29, 1.82) is 0 Å². The first-order valence-corrected chi connectivity index (χ1v) is 27.7. The quantitative estimate of drug-likeness (QED) is 0.0269. The number of anilines is 2. The van der Waals surface area contributed by atoms with Gasteiger partial charge in [0.2, 0.25) is 20.0 Å². The third-order valence-corrected chi connectivity index (χ3v) is 16.6. The Morgan fingerprint density at radius 2 is 1.05 bits per heavy atom. The SMILES string of the molecule is CCOC(=O)C1=CCCCC1S(=O)(=O)N(COC(=O)N1CCC[C@@H]1C(=O)O)c1ccc(F)cc1Cl.CCOC(=O)C1=CCCCC1S(=O)(=O)N(COC(=O)N1CCC[C@@H]1C(=O)[O-])c1ccc(F)cc1Cl.CCOO.O=CO[O-].[H-].[Na+].[Na+].[Na+]. The number of rotatable bonds is 18. The number of ether oxygens (including phenoxy) is 4. The molecule has 2 fully saturated rings. The molecule has 2 aromatic carbocycles. The Labute approximate surface area is 544 Å². The molecule has 2 N–H and O–H groups in total. The molecular weight excluding hydrogens is 1200 g/mol. The van der Waals surface area contributed by atoms with E-state index >= 15 is 0 Å². The Bertz CT molecular complexity index is 2570. The van der Waals surface area contributed by atoms with E-state index in [1.54, 1.807) is 20.8 Å². The summed E-state index contributed by atoms with van der Waals surface area (Å²) in [7, 11) is -8.87. The normalized spacial score (nSPS) is 18.1. The number of amides is 2. The van der Waals surface area contributed by atoms with E-state index in [9.17, 15) is 64.6 Å². The maximum absolute atomic E-state index is 13.8. The van der Waals surface area contributed by atoms with Crippen molar-refractivity contribution < 1.29 is 199 Å². The third-order valence-electron chi connectivity index (χ3n) is 11.8. The smallest absolute Gasteiger partial charge is 1.00 e. The number of carbonyl (C=O) groups excluding carboxylic acids is 6. The number of carboxylic acids is 2. The van der Waals surface area contributed by atoms with Gasteiger partial charge in [0.15, 0.2) is 13.5 Å². The molecule has 34 heteroatoms. The number of benzene rings is 2. The van der Waals surface area contributed by atoms with Crippen LogP contribution in [0.1, 0.15) is 86.4 Å². The van der Waals surface area contributed by atoms with Crippen LogP contribution in [0, 0.1) is 11.6 Å². The standard InChI is InChI=1S/2C22H26ClFN2O8S.C2H6O2.CH2O3.3Na.H/c2*1-2-33-21(29)15-6-3-4-8-19(15)35(31,32)26(17-10-9-14(24)12-16(17)23)13-34-22(30)25-11-5-7-18(25)20(27)28;1-2-4-3;2-1-4-3;;;;/h2*6,9-10,12,18-19H,2-5,7-8,11,13H2,1H3,(H,27,28);3H,2H2,1H3;1,3H;;;;/q;;;;3*+1;-1/p-2/t2*18-,19?;;;;;;/m11....../s1. The van der Waals surface area contributed by atoms with E-state index in [0.717, 1.165) is 46.2 Å². The van der Waals surface area contributed by atoms with Crippen LogP contribution in [0.2, 0.25) is 10.0 Å². The van der Waals surface area contributed by atoms with Gasteiger partial charge in [-0.1, -0.05) is 35.4 Å². The summed E-state index contributed by atoms with van der Waals surface area (Å²) in [4.78, 5) is 89.6. The minimum Gasteiger partial charge on any atom is -1.00 e. The summed E-state index contributed by atoms with van der Waals surface area (Å²) in [6.45, 7) is 3.68. The van der Waals surface area contributed by atoms with Crippen LogP contribution in [-0.2, 0) is 72.7 Å². The number of allylic oxidation sites excluding steroid dienone is 2. The van der Waals surface area contributed by atoms with Gasteiger partial charge in [0.05, 0.1) is 64.4 Å². The van der Waals surface area contributed by atoms with Crippen molar-refractivity contribution in [2.24, 2.45) is 0 Å². The van der Waals surface area contributed by atoms with Crippen LogP contribution >= 0.6 is 23.2 Å². The van der Waals surface area contributed by atoms with Crippen molar-refractivity contribution >= 4 is 97.2 Å². The first kappa shape index (κ1) is 77.6. The van der Waals surface area contributed by atoms with E-state index in [2.05, 4.69) is 9.78 Å². The zero-order chi connectivity index (χ0) is 58.3. The van der Waals surface area contributed by atoms with Gasteiger partial charge in [-0.05, 0) is 121 Å². The molecule has 2 unspecified atom stereocenters. The molecule has 25 nitrogen and oxygen atoms in total. The number of hydrogen-bond donors (Lipinski definition) is 2. The monoisotopic (exact) mass is 1260 g/mol.